The Hall–Kier alpha value is -2.58. The van der Waals surface area contributed by atoms with Crippen LogP contribution in [0, 0.1) is 17.2 Å². The second kappa shape index (κ2) is 15.4. The second-order valence-electron chi connectivity index (χ2n) is 10.6. The normalized spacial score (nSPS) is 19.1. The average molecular weight is 596 g/mol. The summed E-state index contributed by atoms with van der Waals surface area (Å²) in [5.41, 5.74) is 5.65. The maximum Gasteiger partial charge on any atom is 0.299 e. The van der Waals surface area contributed by atoms with E-state index in [0.29, 0.717) is 25.4 Å². The maximum atomic E-state index is 13.3. The molecule has 2 fully saturated rings. The lowest BCUT2D eigenvalue weighted by Gasteiger charge is -2.33. The molecule has 13 heteroatoms. The first-order chi connectivity index (χ1) is 19.0. The monoisotopic (exact) mass is 595 g/mol. The van der Waals surface area contributed by atoms with Gasteiger partial charge in [-0.25, -0.2) is 8.42 Å². The van der Waals surface area contributed by atoms with Crippen LogP contribution in [-0.4, -0.2) is 64.2 Å². The minimum absolute atomic E-state index is 0.0551. The first kappa shape index (κ1) is 31.9. The van der Waals surface area contributed by atoms with E-state index in [0.717, 1.165) is 49.4 Å². The van der Waals surface area contributed by atoms with Gasteiger partial charge in [0.15, 0.2) is 5.96 Å². The molecule has 0 radical (unpaired) electrons. The number of fused-ring (bicyclic) bond motifs is 1. The Morgan fingerprint density at radius 3 is 2.38 bits per heavy atom. The predicted octanol–water partition coefficient (Wildman–Crippen LogP) is 3.25. The van der Waals surface area contributed by atoms with Crippen molar-refractivity contribution in [3.05, 3.63) is 42.5 Å². The highest BCUT2D eigenvalue weighted by atomic mass is 32.2. The fourth-order valence-corrected chi connectivity index (χ4v) is 6.80. The standard InChI is InChI=1S/C27H39N5O3S.H2O3S/c28-27(29)32-16-6-9-21(19-32)18-30-26(33)25(15-12-20-7-2-1-3-8-20)31-36(34,35)24-14-13-22-10-4-5-11-23(22)17-24;1-4(2)3/h4-5,10-11,13-14,17,20-21,25,31H,1-3,6-9,12,15-16,18-19H2,(H3,28,29)(H,30,33);(H2,1,2,3)/t21?,25-;/m1./s1. The van der Waals surface area contributed by atoms with Crippen molar-refractivity contribution >= 4 is 44.0 Å². The molecule has 0 spiro atoms. The van der Waals surface area contributed by atoms with Crippen LogP contribution in [0.5, 0.6) is 0 Å². The minimum Gasteiger partial charge on any atom is -0.370 e. The van der Waals surface area contributed by atoms with Crippen molar-refractivity contribution in [2.45, 2.75) is 68.7 Å². The SMILES string of the molecule is N=C(N)N1CCCC(CNC(=O)[C@@H](CCC2CCCCC2)NS(=O)(=O)c2ccc3ccccc3c2)C1.O=S(O)O. The number of carbonyl (C=O) groups is 1. The number of nitrogens with two attached hydrogens (primary N) is 1. The number of guanidine groups is 1. The molecule has 1 aliphatic carbocycles. The lowest BCUT2D eigenvalue weighted by molar-refractivity contribution is -0.123. The highest BCUT2D eigenvalue weighted by Crippen LogP contribution is 2.28. The van der Waals surface area contributed by atoms with Gasteiger partial charge in [-0.15, -0.1) is 0 Å². The number of likely N-dealkylation sites (tertiary alicyclic amines) is 1. The second-order valence-corrected chi connectivity index (χ2v) is 12.8. The number of benzene rings is 2. The molecule has 40 heavy (non-hydrogen) atoms. The van der Waals surface area contributed by atoms with Crippen LogP contribution in [-0.2, 0) is 26.2 Å². The molecule has 11 nitrogen and oxygen atoms in total. The summed E-state index contributed by atoms with van der Waals surface area (Å²) < 4.78 is 52.2. The molecule has 1 aliphatic heterocycles. The number of sulfonamides is 1. The summed E-state index contributed by atoms with van der Waals surface area (Å²) >= 11 is -2.61. The van der Waals surface area contributed by atoms with Crippen molar-refractivity contribution in [1.29, 1.82) is 5.41 Å². The molecule has 0 aromatic heterocycles. The number of nitrogens with zero attached hydrogens (tertiary/aromatic N) is 1. The van der Waals surface area contributed by atoms with Gasteiger partial charge in [0, 0.05) is 19.6 Å². The molecule has 1 saturated carbocycles. The van der Waals surface area contributed by atoms with E-state index in [2.05, 4.69) is 10.0 Å². The predicted molar refractivity (Wildman–Crippen MR) is 156 cm³/mol. The summed E-state index contributed by atoms with van der Waals surface area (Å²) in [6.07, 6.45) is 9.14. The summed E-state index contributed by atoms with van der Waals surface area (Å²) in [4.78, 5) is 15.3. The maximum absolute atomic E-state index is 13.3. The third-order valence-electron chi connectivity index (χ3n) is 7.66. The van der Waals surface area contributed by atoms with Crippen molar-refractivity contribution in [3.63, 3.8) is 0 Å². The van der Waals surface area contributed by atoms with E-state index in [4.69, 9.17) is 24.5 Å². The number of carbonyl (C=O) groups excluding carboxylic acids is 1. The molecule has 2 aromatic carbocycles. The molecular formula is C27H41N5O6S2. The first-order valence-corrected chi connectivity index (χ1v) is 16.3. The third-order valence-corrected chi connectivity index (χ3v) is 9.13. The van der Waals surface area contributed by atoms with Gasteiger partial charge < -0.3 is 16.0 Å². The van der Waals surface area contributed by atoms with E-state index < -0.39 is 27.4 Å². The molecule has 2 aromatic rings. The Labute approximate surface area is 238 Å². The molecule has 2 atom stereocenters. The molecule has 222 valence electrons. The Bertz CT molecular complexity index is 1270. The molecule has 4 rings (SSSR count). The van der Waals surface area contributed by atoms with Gasteiger partial charge in [-0.2, -0.15) is 8.93 Å². The highest BCUT2D eigenvalue weighted by Gasteiger charge is 2.28. The van der Waals surface area contributed by atoms with Gasteiger partial charge in [-0.1, -0.05) is 62.4 Å². The summed E-state index contributed by atoms with van der Waals surface area (Å²) in [5, 5.41) is 12.5. The van der Waals surface area contributed by atoms with Crippen LogP contribution in [0.15, 0.2) is 47.4 Å². The van der Waals surface area contributed by atoms with Gasteiger partial charge in [-0.3, -0.25) is 19.3 Å². The van der Waals surface area contributed by atoms with E-state index in [1.54, 1.807) is 18.2 Å². The summed E-state index contributed by atoms with van der Waals surface area (Å²) in [6.45, 7) is 1.83. The molecule has 2 aliphatic rings. The Balaban J connectivity index is 0.00000103. The van der Waals surface area contributed by atoms with E-state index in [-0.39, 0.29) is 22.7 Å². The van der Waals surface area contributed by atoms with Gasteiger partial charge in [0.25, 0.3) is 11.4 Å². The fourth-order valence-electron chi connectivity index (χ4n) is 5.53. The molecule has 1 saturated heterocycles. The van der Waals surface area contributed by atoms with Crippen molar-refractivity contribution in [2.24, 2.45) is 17.6 Å². The summed E-state index contributed by atoms with van der Waals surface area (Å²) in [7, 11) is -3.88. The Kier molecular flexibility index (Phi) is 12.3. The average Bonchev–Trinajstić information content (AvgIpc) is 2.94. The van der Waals surface area contributed by atoms with Crippen LogP contribution in [0.3, 0.4) is 0 Å². The van der Waals surface area contributed by atoms with E-state index in [9.17, 15) is 13.2 Å². The number of hydrogen-bond acceptors (Lipinski definition) is 5. The molecule has 0 bridgehead atoms. The van der Waals surface area contributed by atoms with Crippen molar-refractivity contribution in [3.8, 4) is 0 Å². The van der Waals surface area contributed by atoms with Crippen LogP contribution in [0.1, 0.15) is 57.8 Å². The zero-order valence-electron chi connectivity index (χ0n) is 22.6. The van der Waals surface area contributed by atoms with Crippen molar-refractivity contribution in [1.82, 2.24) is 14.9 Å². The number of rotatable bonds is 9. The number of hydrogen-bond donors (Lipinski definition) is 6. The van der Waals surface area contributed by atoms with Gasteiger partial charge in [0.05, 0.1) is 4.90 Å². The zero-order chi connectivity index (χ0) is 29.1. The number of amides is 1. The molecule has 1 unspecified atom stereocenters. The van der Waals surface area contributed by atoms with Crippen molar-refractivity contribution < 1.29 is 26.5 Å². The molecule has 1 heterocycles. The number of piperidine rings is 1. The van der Waals surface area contributed by atoms with Crippen LogP contribution < -0.4 is 15.8 Å². The molecule has 1 amide bonds. The van der Waals surface area contributed by atoms with Gasteiger partial charge in [-0.05, 0) is 60.4 Å². The van der Waals surface area contributed by atoms with Crippen LogP contribution in [0.25, 0.3) is 10.8 Å². The van der Waals surface area contributed by atoms with Gasteiger partial charge >= 0.3 is 0 Å². The largest absolute Gasteiger partial charge is 0.370 e. The zero-order valence-corrected chi connectivity index (χ0v) is 24.3. The fraction of sp³-hybridized carbons (Fsp3) is 0.556. The lowest BCUT2D eigenvalue weighted by atomic mass is 9.85. The van der Waals surface area contributed by atoms with Crippen LogP contribution >= 0.6 is 0 Å². The third kappa shape index (κ3) is 10.1. The minimum atomic E-state index is -3.88. The van der Waals surface area contributed by atoms with Crippen LogP contribution in [0.2, 0.25) is 0 Å². The smallest absolute Gasteiger partial charge is 0.299 e. The number of nitrogens with one attached hydrogen (secondary N) is 3. The van der Waals surface area contributed by atoms with Crippen LogP contribution in [0.4, 0.5) is 0 Å². The lowest BCUT2D eigenvalue weighted by Crippen LogP contribution is -2.50. The van der Waals surface area contributed by atoms with Crippen molar-refractivity contribution in [2.75, 3.05) is 19.6 Å². The Morgan fingerprint density at radius 1 is 1.05 bits per heavy atom. The molecular weight excluding hydrogens is 554 g/mol. The molecule has 7 N–H and O–H groups in total. The summed E-state index contributed by atoms with van der Waals surface area (Å²) in [6, 6.07) is 11.9. The van der Waals surface area contributed by atoms with E-state index in [1.807, 2.05) is 29.2 Å². The van der Waals surface area contributed by atoms with Gasteiger partial charge in [0.2, 0.25) is 15.9 Å². The Morgan fingerprint density at radius 2 is 1.70 bits per heavy atom. The van der Waals surface area contributed by atoms with E-state index >= 15 is 0 Å². The quantitative estimate of drug-likeness (QED) is 0.145. The van der Waals surface area contributed by atoms with Gasteiger partial charge in [0.1, 0.15) is 6.04 Å². The topological polar surface area (TPSA) is 186 Å². The summed E-state index contributed by atoms with van der Waals surface area (Å²) in [5.74, 6) is 0.499. The van der Waals surface area contributed by atoms with E-state index in [1.165, 1.54) is 19.3 Å². The first-order valence-electron chi connectivity index (χ1n) is 13.7. The highest BCUT2D eigenvalue weighted by molar-refractivity contribution is 7.89.